The van der Waals surface area contributed by atoms with Gasteiger partial charge in [0.05, 0.1) is 17.9 Å². The minimum atomic E-state index is -0.338. The molecular weight excluding hydrogens is 404 g/mol. The van der Waals surface area contributed by atoms with Crippen LogP contribution in [-0.4, -0.2) is 42.2 Å². The average molecular weight is 433 g/mol. The Morgan fingerprint density at radius 2 is 2.00 bits per heavy atom. The summed E-state index contributed by atoms with van der Waals surface area (Å²) in [4.78, 5) is 29.8. The molecule has 0 atom stereocenters. The second-order valence-corrected chi connectivity index (χ2v) is 9.26. The van der Waals surface area contributed by atoms with Gasteiger partial charge >= 0.3 is 5.97 Å². The smallest absolute Gasteiger partial charge is 0.341 e. The van der Waals surface area contributed by atoms with Gasteiger partial charge in [0, 0.05) is 22.9 Å². The van der Waals surface area contributed by atoms with Crippen molar-refractivity contribution < 1.29 is 14.3 Å². The van der Waals surface area contributed by atoms with Crippen LogP contribution < -0.4 is 5.32 Å². The number of nitrogens with zero attached hydrogens (tertiary/aromatic N) is 1. The molecule has 0 saturated heterocycles. The van der Waals surface area contributed by atoms with Crippen LogP contribution in [0.2, 0.25) is 0 Å². The number of benzene rings is 1. The summed E-state index contributed by atoms with van der Waals surface area (Å²) in [6.45, 7) is 9.14. The summed E-state index contributed by atoms with van der Waals surface area (Å²) in [6.07, 6.45) is 1.92. The van der Waals surface area contributed by atoms with E-state index in [-0.39, 0.29) is 11.9 Å². The fourth-order valence-electron chi connectivity index (χ4n) is 3.42. The van der Waals surface area contributed by atoms with Crippen LogP contribution in [-0.2, 0) is 22.5 Å². The largest absolute Gasteiger partial charge is 0.462 e. The molecule has 3 rings (SSSR count). The summed E-state index contributed by atoms with van der Waals surface area (Å²) in [5.74, 6) is -0.142. The number of fused-ring (bicyclic) bond motifs is 1. The number of thiophene rings is 1. The van der Waals surface area contributed by atoms with Crippen LogP contribution in [0.3, 0.4) is 0 Å². The summed E-state index contributed by atoms with van der Waals surface area (Å²) in [7, 11) is 0. The standard InChI is InChI=1S/C22H28N2O3S2/c1-4-11-24-12-10-17-18(13-24)29-21(20(17)22(26)27-5-2)23-19(25)14-28-16-8-6-15(3)7-9-16/h6-9H,4-5,10-14H2,1-3H3,(H,23,25). The van der Waals surface area contributed by atoms with Crippen molar-refractivity contribution in [1.82, 2.24) is 4.90 Å². The zero-order chi connectivity index (χ0) is 20.8. The zero-order valence-electron chi connectivity index (χ0n) is 17.2. The Labute approximate surface area is 180 Å². The number of carbonyl (C=O) groups is 2. The van der Waals surface area contributed by atoms with E-state index in [1.165, 1.54) is 28.7 Å². The van der Waals surface area contributed by atoms with E-state index in [9.17, 15) is 9.59 Å². The van der Waals surface area contributed by atoms with Crippen LogP contribution in [0.1, 0.15) is 46.6 Å². The minimum Gasteiger partial charge on any atom is -0.462 e. The fourth-order valence-corrected chi connectivity index (χ4v) is 5.41. The van der Waals surface area contributed by atoms with Gasteiger partial charge in [-0.15, -0.1) is 23.1 Å². The fraction of sp³-hybridized carbons (Fsp3) is 0.455. The number of thioether (sulfide) groups is 1. The molecule has 1 aromatic carbocycles. The van der Waals surface area contributed by atoms with Crippen molar-refractivity contribution in [2.24, 2.45) is 0 Å². The molecule has 0 radical (unpaired) electrons. The first-order valence-electron chi connectivity index (χ1n) is 10.0. The Hall–Kier alpha value is -1.83. The van der Waals surface area contributed by atoms with E-state index in [4.69, 9.17) is 4.74 Å². The lowest BCUT2D eigenvalue weighted by Gasteiger charge is -2.26. The normalized spacial score (nSPS) is 13.8. The Balaban J connectivity index is 1.74. The van der Waals surface area contributed by atoms with E-state index >= 15 is 0 Å². The average Bonchev–Trinajstić information content (AvgIpc) is 3.05. The lowest BCUT2D eigenvalue weighted by molar-refractivity contribution is -0.113. The van der Waals surface area contributed by atoms with Gasteiger partial charge in [-0.25, -0.2) is 4.79 Å². The maximum atomic E-state index is 12.6. The lowest BCUT2D eigenvalue weighted by Crippen LogP contribution is -2.30. The van der Waals surface area contributed by atoms with Crippen molar-refractivity contribution in [3.63, 3.8) is 0 Å². The van der Waals surface area contributed by atoms with Gasteiger partial charge < -0.3 is 10.1 Å². The number of carbonyl (C=O) groups excluding carboxylic acids is 2. The predicted molar refractivity (Wildman–Crippen MR) is 120 cm³/mol. The quantitative estimate of drug-likeness (QED) is 0.483. The molecule has 1 amide bonds. The number of nitrogens with one attached hydrogen (secondary N) is 1. The molecule has 1 aliphatic heterocycles. The summed E-state index contributed by atoms with van der Waals surface area (Å²) in [5.41, 5.74) is 2.79. The molecule has 1 N–H and O–H groups in total. The second kappa shape index (κ2) is 10.3. The highest BCUT2D eigenvalue weighted by Crippen LogP contribution is 2.38. The first-order valence-corrected chi connectivity index (χ1v) is 11.8. The van der Waals surface area contributed by atoms with Gasteiger partial charge in [0.2, 0.25) is 5.91 Å². The number of aryl methyl sites for hydroxylation is 1. The monoisotopic (exact) mass is 432 g/mol. The molecule has 1 aliphatic rings. The highest BCUT2D eigenvalue weighted by atomic mass is 32.2. The molecule has 0 bridgehead atoms. The number of amides is 1. The van der Waals surface area contributed by atoms with Gasteiger partial charge in [-0.3, -0.25) is 9.69 Å². The van der Waals surface area contributed by atoms with Crippen LogP contribution in [0, 0.1) is 6.92 Å². The summed E-state index contributed by atoms with van der Waals surface area (Å²) in [6, 6.07) is 8.11. The molecule has 2 aromatic rings. The van der Waals surface area contributed by atoms with Gasteiger partial charge in [-0.1, -0.05) is 24.6 Å². The van der Waals surface area contributed by atoms with Crippen LogP contribution in [0.5, 0.6) is 0 Å². The number of hydrogen-bond donors (Lipinski definition) is 1. The number of rotatable bonds is 8. The first-order chi connectivity index (χ1) is 14.0. The molecule has 156 valence electrons. The van der Waals surface area contributed by atoms with E-state index in [1.807, 2.05) is 31.2 Å². The molecule has 5 nitrogen and oxygen atoms in total. The van der Waals surface area contributed by atoms with E-state index in [0.29, 0.717) is 22.9 Å². The van der Waals surface area contributed by atoms with Crippen LogP contribution >= 0.6 is 23.1 Å². The number of ether oxygens (including phenoxy) is 1. The third-order valence-corrected chi connectivity index (χ3v) is 6.94. The molecule has 1 aromatic heterocycles. The summed E-state index contributed by atoms with van der Waals surface area (Å²) in [5, 5.41) is 3.60. The Morgan fingerprint density at radius 3 is 2.69 bits per heavy atom. The maximum Gasteiger partial charge on any atom is 0.341 e. The van der Waals surface area contributed by atoms with Gasteiger partial charge in [0.15, 0.2) is 0 Å². The van der Waals surface area contributed by atoms with Crippen molar-refractivity contribution in [2.75, 3.05) is 30.8 Å². The number of esters is 1. The third kappa shape index (κ3) is 5.62. The highest BCUT2D eigenvalue weighted by molar-refractivity contribution is 8.00. The zero-order valence-corrected chi connectivity index (χ0v) is 18.9. The summed E-state index contributed by atoms with van der Waals surface area (Å²) < 4.78 is 5.29. The molecule has 0 saturated carbocycles. The van der Waals surface area contributed by atoms with Crippen LogP contribution in [0.15, 0.2) is 29.2 Å². The van der Waals surface area contributed by atoms with Crippen LogP contribution in [0.4, 0.5) is 5.00 Å². The molecule has 0 unspecified atom stereocenters. The topological polar surface area (TPSA) is 58.6 Å². The van der Waals surface area contributed by atoms with Gasteiger partial charge in [-0.05, 0) is 50.9 Å². The summed E-state index contributed by atoms with van der Waals surface area (Å²) >= 11 is 3.01. The van der Waals surface area contributed by atoms with Crippen molar-refractivity contribution in [2.45, 2.75) is 45.1 Å². The molecule has 0 fully saturated rings. The van der Waals surface area contributed by atoms with Crippen molar-refractivity contribution in [3.8, 4) is 0 Å². The van der Waals surface area contributed by atoms with Crippen molar-refractivity contribution in [1.29, 1.82) is 0 Å². The molecule has 2 heterocycles. The number of hydrogen-bond acceptors (Lipinski definition) is 6. The third-order valence-electron chi connectivity index (χ3n) is 4.80. The lowest BCUT2D eigenvalue weighted by atomic mass is 10.0. The highest BCUT2D eigenvalue weighted by Gasteiger charge is 2.29. The second-order valence-electron chi connectivity index (χ2n) is 7.10. The molecule has 0 spiro atoms. The van der Waals surface area contributed by atoms with E-state index in [2.05, 4.69) is 17.1 Å². The first kappa shape index (κ1) is 21.9. The van der Waals surface area contributed by atoms with Gasteiger partial charge in [0.25, 0.3) is 0 Å². The van der Waals surface area contributed by atoms with E-state index < -0.39 is 0 Å². The number of anilines is 1. The Bertz CT molecular complexity index is 862. The molecule has 0 aliphatic carbocycles. The van der Waals surface area contributed by atoms with E-state index in [0.717, 1.165) is 47.8 Å². The predicted octanol–water partition coefficient (Wildman–Crippen LogP) is 4.73. The molecular formula is C22H28N2O3S2. The SMILES string of the molecule is CCCN1CCc2c(sc(NC(=O)CSc3ccc(C)cc3)c2C(=O)OCC)C1. The Kier molecular flexibility index (Phi) is 7.75. The van der Waals surface area contributed by atoms with Gasteiger partial charge in [-0.2, -0.15) is 0 Å². The minimum absolute atomic E-state index is 0.106. The molecule has 29 heavy (non-hydrogen) atoms. The van der Waals surface area contributed by atoms with Crippen molar-refractivity contribution in [3.05, 3.63) is 45.8 Å². The van der Waals surface area contributed by atoms with E-state index in [1.54, 1.807) is 6.92 Å². The maximum absolute atomic E-state index is 12.6. The van der Waals surface area contributed by atoms with Crippen molar-refractivity contribution >= 4 is 40.0 Å². The van der Waals surface area contributed by atoms with Gasteiger partial charge in [0.1, 0.15) is 5.00 Å². The van der Waals surface area contributed by atoms with Crippen LogP contribution in [0.25, 0.3) is 0 Å². The molecule has 7 heteroatoms. The Morgan fingerprint density at radius 1 is 1.24 bits per heavy atom.